The number of amides is 3. The van der Waals surface area contributed by atoms with Gasteiger partial charge >= 0.3 is 5.97 Å². The maximum absolute atomic E-state index is 13.1. The predicted molar refractivity (Wildman–Crippen MR) is 113 cm³/mol. The number of hydrogen-bond donors (Lipinski definition) is 3. The van der Waals surface area contributed by atoms with Crippen LogP contribution in [0.15, 0.2) is 47.8 Å². The Morgan fingerprint density at radius 2 is 1.97 bits per heavy atom. The molecule has 0 saturated carbocycles. The van der Waals surface area contributed by atoms with Gasteiger partial charge in [0.1, 0.15) is 23.2 Å². The lowest BCUT2D eigenvalue weighted by Gasteiger charge is -2.49. The fourth-order valence-electron chi connectivity index (χ4n) is 3.61. The van der Waals surface area contributed by atoms with Gasteiger partial charge in [0.15, 0.2) is 5.69 Å². The van der Waals surface area contributed by atoms with Crippen molar-refractivity contribution in [1.82, 2.24) is 30.5 Å². The van der Waals surface area contributed by atoms with E-state index in [1.165, 1.54) is 27.5 Å². The number of aliphatic carboxylic acids is 1. The van der Waals surface area contributed by atoms with Gasteiger partial charge in [0.2, 0.25) is 5.91 Å². The fourth-order valence-corrected chi connectivity index (χ4v) is 4.91. The number of β-lactam (4-membered cyclic amide) rings is 1. The molecule has 3 amide bonds. The molecule has 0 aliphatic carbocycles. The average molecular weight is 456 g/mol. The minimum atomic E-state index is -1.18. The van der Waals surface area contributed by atoms with Gasteiger partial charge in [-0.15, -0.1) is 16.9 Å². The topological polar surface area (TPSA) is 147 Å². The van der Waals surface area contributed by atoms with Crippen LogP contribution in [0, 0.1) is 0 Å². The van der Waals surface area contributed by atoms with Crippen LogP contribution < -0.4 is 10.6 Å². The second-order valence-corrected chi connectivity index (χ2v) is 8.53. The number of nitrogens with zero attached hydrogens (tertiary/aromatic N) is 4. The number of hydrogen-bond acceptors (Lipinski definition) is 7. The Bertz CT molecular complexity index is 1130. The van der Waals surface area contributed by atoms with Crippen LogP contribution in [0.25, 0.3) is 0 Å². The number of fused-ring (bicyclic) bond motifs is 1. The van der Waals surface area contributed by atoms with Crippen molar-refractivity contribution in [2.45, 2.75) is 24.4 Å². The smallest absolute Gasteiger partial charge is 0.352 e. The molecule has 1 aromatic carbocycles. The number of thioether (sulfide) groups is 1. The number of aryl methyl sites for hydroxylation is 1. The van der Waals surface area contributed by atoms with E-state index in [4.69, 9.17) is 0 Å². The maximum atomic E-state index is 13.1. The molecule has 12 heteroatoms. The lowest BCUT2D eigenvalue weighted by atomic mass is 10.0. The van der Waals surface area contributed by atoms with Gasteiger partial charge < -0.3 is 15.7 Å². The maximum Gasteiger partial charge on any atom is 0.352 e. The number of carboxylic acids is 1. The zero-order valence-electron chi connectivity index (χ0n) is 17.2. The van der Waals surface area contributed by atoms with Crippen LogP contribution >= 0.6 is 11.8 Å². The first-order chi connectivity index (χ1) is 15.3. The number of aromatic nitrogens is 3. The lowest BCUT2D eigenvalue weighted by molar-refractivity contribution is -0.151. The van der Waals surface area contributed by atoms with Gasteiger partial charge in [0, 0.05) is 12.8 Å². The van der Waals surface area contributed by atoms with Crippen molar-refractivity contribution >= 4 is 35.5 Å². The molecular weight excluding hydrogens is 436 g/mol. The Morgan fingerprint density at radius 3 is 2.59 bits per heavy atom. The Hall–Kier alpha value is -3.67. The number of carbonyl (C=O) groups is 4. The summed E-state index contributed by atoms with van der Waals surface area (Å²) >= 11 is 1.38. The van der Waals surface area contributed by atoms with Crippen molar-refractivity contribution in [3.63, 3.8) is 0 Å². The highest BCUT2D eigenvalue weighted by molar-refractivity contribution is 8.00. The van der Waals surface area contributed by atoms with Crippen LogP contribution in [0.3, 0.4) is 0 Å². The molecule has 3 atom stereocenters. The molecule has 3 N–H and O–H groups in total. The molecule has 166 valence electrons. The number of rotatable bonds is 6. The number of nitrogens with one attached hydrogen (secondary N) is 2. The summed E-state index contributed by atoms with van der Waals surface area (Å²) in [6.07, 6.45) is 1.42. The van der Waals surface area contributed by atoms with E-state index in [1.807, 2.05) is 0 Å². The summed E-state index contributed by atoms with van der Waals surface area (Å²) in [6.45, 7) is 1.67. The molecule has 2 aliphatic heterocycles. The Morgan fingerprint density at radius 1 is 1.25 bits per heavy atom. The highest BCUT2D eigenvalue weighted by atomic mass is 32.2. The van der Waals surface area contributed by atoms with E-state index in [-0.39, 0.29) is 11.4 Å². The zero-order chi connectivity index (χ0) is 23.0. The second kappa shape index (κ2) is 8.46. The third-order valence-electron chi connectivity index (χ3n) is 5.17. The summed E-state index contributed by atoms with van der Waals surface area (Å²) in [5, 5.41) is 21.7. The monoisotopic (exact) mass is 456 g/mol. The Kier molecular flexibility index (Phi) is 5.70. The van der Waals surface area contributed by atoms with E-state index in [0.29, 0.717) is 16.9 Å². The van der Waals surface area contributed by atoms with Gasteiger partial charge in [0.25, 0.3) is 11.8 Å². The van der Waals surface area contributed by atoms with E-state index in [9.17, 15) is 24.3 Å². The summed E-state index contributed by atoms with van der Waals surface area (Å²) in [6, 6.07) is 6.61. The normalized spacial score (nSPS) is 20.8. The minimum Gasteiger partial charge on any atom is -0.477 e. The summed E-state index contributed by atoms with van der Waals surface area (Å²) in [5.74, 6) is -2.42. The SMILES string of the molecule is CC1=C(C(=O)O)N2C(=O)C(NC(=O)C(NC(=O)c3cn(C)nn3)c3ccccc3)C2SC1. The molecule has 0 spiro atoms. The molecule has 0 radical (unpaired) electrons. The molecule has 11 nitrogen and oxygen atoms in total. The largest absolute Gasteiger partial charge is 0.477 e. The summed E-state index contributed by atoms with van der Waals surface area (Å²) in [5.41, 5.74) is 1.11. The van der Waals surface area contributed by atoms with Gasteiger partial charge in [-0.2, -0.15) is 0 Å². The number of carbonyl (C=O) groups excluding carboxylic acids is 3. The molecule has 1 fully saturated rings. The first-order valence-corrected chi connectivity index (χ1v) is 10.7. The van der Waals surface area contributed by atoms with Gasteiger partial charge in [-0.05, 0) is 18.1 Å². The summed E-state index contributed by atoms with van der Waals surface area (Å²) in [7, 11) is 1.61. The third kappa shape index (κ3) is 3.84. The van der Waals surface area contributed by atoms with Crippen LogP contribution in [0.1, 0.15) is 29.0 Å². The molecule has 32 heavy (non-hydrogen) atoms. The number of benzene rings is 1. The van der Waals surface area contributed by atoms with E-state index < -0.39 is 41.1 Å². The van der Waals surface area contributed by atoms with E-state index in [0.717, 1.165) is 0 Å². The quantitative estimate of drug-likeness (QED) is 0.517. The molecular formula is C20H20N6O5S. The first-order valence-electron chi connectivity index (χ1n) is 9.68. The zero-order valence-corrected chi connectivity index (χ0v) is 18.0. The lowest BCUT2D eigenvalue weighted by Crippen LogP contribution is -2.71. The highest BCUT2D eigenvalue weighted by Gasteiger charge is 2.54. The molecule has 2 aliphatic rings. The van der Waals surface area contributed by atoms with Crippen LogP contribution in [-0.2, 0) is 21.4 Å². The molecule has 2 aromatic rings. The van der Waals surface area contributed by atoms with Crippen molar-refractivity contribution < 1.29 is 24.3 Å². The third-order valence-corrected chi connectivity index (χ3v) is 6.59. The van der Waals surface area contributed by atoms with Crippen LogP contribution in [-0.4, -0.2) is 65.9 Å². The average Bonchev–Trinajstić information content (AvgIpc) is 3.22. The summed E-state index contributed by atoms with van der Waals surface area (Å²) in [4.78, 5) is 51.2. The molecule has 0 bridgehead atoms. The fraction of sp³-hybridized carbons (Fsp3) is 0.300. The van der Waals surface area contributed by atoms with E-state index >= 15 is 0 Å². The van der Waals surface area contributed by atoms with Crippen molar-refractivity contribution in [2.24, 2.45) is 7.05 Å². The predicted octanol–water partition coefficient (Wildman–Crippen LogP) is 0.0447. The van der Waals surface area contributed by atoms with Crippen LogP contribution in [0.5, 0.6) is 0 Å². The van der Waals surface area contributed by atoms with Gasteiger partial charge in [-0.1, -0.05) is 35.5 Å². The van der Waals surface area contributed by atoms with Gasteiger partial charge in [0.05, 0.1) is 6.20 Å². The van der Waals surface area contributed by atoms with E-state index in [2.05, 4.69) is 20.9 Å². The highest BCUT2D eigenvalue weighted by Crippen LogP contribution is 2.40. The first kappa shape index (κ1) is 21.6. The molecule has 3 heterocycles. The van der Waals surface area contributed by atoms with Crippen molar-refractivity contribution in [1.29, 1.82) is 0 Å². The minimum absolute atomic E-state index is 0.0418. The molecule has 1 saturated heterocycles. The van der Waals surface area contributed by atoms with E-state index in [1.54, 1.807) is 44.3 Å². The standard InChI is InChI=1S/C20H20N6O5S/c1-10-9-32-19-14(18(29)26(19)15(10)20(30)31)22-17(28)13(11-6-4-3-5-7-11)21-16(27)12-8-25(2)24-23-12/h3-8,13-14,19H,9H2,1-2H3,(H,21,27)(H,22,28)(H,30,31). The van der Waals surface area contributed by atoms with Crippen molar-refractivity contribution in [3.05, 3.63) is 59.1 Å². The Labute approximate surface area is 186 Å². The van der Waals surface area contributed by atoms with Crippen molar-refractivity contribution in [2.75, 3.05) is 5.75 Å². The van der Waals surface area contributed by atoms with Crippen molar-refractivity contribution in [3.8, 4) is 0 Å². The van der Waals surface area contributed by atoms with Gasteiger partial charge in [-0.25, -0.2) is 4.79 Å². The van der Waals surface area contributed by atoms with Gasteiger partial charge in [-0.3, -0.25) is 24.0 Å². The molecule has 4 rings (SSSR count). The Balaban J connectivity index is 1.53. The van der Waals surface area contributed by atoms with Crippen LogP contribution in [0.4, 0.5) is 0 Å². The summed E-state index contributed by atoms with van der Waals surface area (Å²) < 4.78 is 1.37. The second-order valence-electron chi connectivity index (χ2n) is 7.42. The van der Waals surface area contributed by atoms with Crippen LogP contribution in [0.2, 0.25) is 0 Å². The number of carboxylic acid groups (broad SMARTS) is 1. The molecule has 3 unspecified atom stereocenters. The molecule has 1 aromatic heterocycles.